The molecule has 19 heavy (non-hydrogen) atoms. The number of methoxy groups -OCH3 is 1. The van der Waals surface area contributed by atoms with E-state index in [1.165, 1.54) is 39.0 Å². The molecule has 0 amide bonds. The minimum absolute atomic E-state index is 0.358. The second-order valence-electron chi connectivity index (χ2n) is 4.95. The highest BCUT2D eigenvalue weighted by Gasteiger charge is 2.13. The van der Waals surface area contributed by atoms with Gasteiger partial charge in [0.2, 0.25) is 0 Å². The van der Waals surface area contributed by atoms with Gasteiger partial charge in [0.15, 0.2) is 0 Å². The third-order valence-electron chi connectivity index (χ3n) is 3.51. The number of esters is 1. The van der Waals surface area contributed by atoms with Crippen LogP contribution in [0.15, 0.2) is 18.3 Å². The van der Waals surface area contributed by atoms with E-state index in [0.717, 1.165) is 18.5 Å². The van der Waals surface area contributed by atoms with E-state index in [2.05, 4.69) is 9.72 Å². The van der Waals surface area contributed by atoms with Crippen LogP contribution in [0, 0.1) is 0 Å². The first-order valence-electron chi connectivity index (χ1n) is 6.94. The van der Waals surface area contributed by atoms with Crippen molar-refractivity contribution >= 4 is 5.97 Å². The van der Waals surface area contributed by atoms with Crippen molar-refractivity contribution in [1.29, 1.82) is 0 Å². The Kier molecular flexibility index (Phi) is 5.33. The van der Waals surface area contributed by atoms with Crippen LogP contribution in [0.5, 0.6) is 0 Å². The van der Waals surface area contributed by atoms with E-state index < -0.39 is 0 Å². The van der Waals surface area contributed by atoms with E-state index in [-0.39, 0.29) is 5.97 Å². The molecule has 1 aromatic heterocycles. The molecule has 0 aromatic carbocycles. The Morgan fingerprint density at radius 3 is 2.58 bits per heavy atom. The number of nitrogens with zero attached hydrogens (tertiary/aromatic N) is 1. The quantitative estimate of drug-likeness (QED) is 0.618. The van der Waals surface area contributed by atoms with Crippen molar-refractivity contribution in [1.82, 2.24) is 4.98 Å². The molecule has 0 atom stereocenters. The monoisotopic (exact) mass is 263 g/mol. The maximum absolute atomic E-state index is 11.3. The Morgan fingerprint density at radius 2 is 2.00 bits per heavy atom. The van der Waals surface area contributed by atoms with Crippen molar-refractivity contribution in [3.63, 3.8) is 0 Å². The Bertz CT molecular complexity index is 394. The highest BCUT2D eigenvalue weighted by atomic mass is 16.5. The molecule has 0 spiro atoms. The zero-order chi connectivity index (χ0) is 13.5. The average molecular weight is 263 g/mol. The number of carbonyl (C=O) groups excluding carboxylic acids is 1. The molecule has 0 aliphatic heterocycles. The van der Waals surface area contributed by atoms with Crippen molar-refractivity contribution < 1.29 is 14.3 Å². The van der Waals surface area contributed by atoms with Gasteiger partial charge in [0.1, 0.15) is 0 Å². The van der Waals surface area contributed by atoms with Gasteiger partial charge in [-0.1, -0.05) is 25.7 Å². The van der Waals surface area contributed by atoms with Crippen molar-refractivity contribution in [2.75, 3.05) is 7.11 Å². The van der Waals surface area contributed by atoms with Crippen LogP contribution in [0.25, 0.3) is 0 Å². The van der Waals surface area contributed by atoms with Gasteiger partial charge in [0, 0.05) is 6.20 Å². The lowest BCUT2D eigenvalue weighted by Gasteiger charge is -2.14. The summed E-state index contributed by atoms with van der Waals surface area (Å²) in [5.41, 5.74) is 1.33. The van der Waals surface area contributed by atoms with Crippen molar-refractivity contribution in [3.05, 3.63) is 29.6 Å². The molecule has 0 N–H and O–H groups in total. The second-order valence-corrected chi connectivity index (χ2v) is 4.95. The summed E-state index contributed by atoms with van der Waals surface area (Å²) in [5.74, 6) is -0.358. The maximum Gasteiger partial charge on any atom is 0.339 e. The molecular weight excluding hydrogens is 242 g/mol. The van der Waals surface area contributed by atoms with Gasteiger partial charge in [-0.25, -0.2) is 4.79 Å². The SMILES string of the molecule is COC(=O)c1ccc(COC2CCCCCC2)nc1. The Hall–Kier alpha value is -1.42. The number of pyridine rings is 1. The highest BCUT2D eigenvalue weighted by Crippen LogP contribution is 2.20. The van der Waals surface area contributed by atoms with E-state index in [1.54, 1.807) is 6.07 Å². The molecule has 4 nitrogen and oxygen atoms in total. The smallest absolute Gasteiger partial charge is 0.339 e. The van der Waals surface area contributed by atoms with Gasteiger partial charge < -0.3 is 9.47 Å². The van der Waals surface area contributed by atoms with Crippen LogP contribution in [0.3, 0.4) is 0 Å². The summed E-state index contributed by atoms with van der Waals surface area (Å²) in [6.45, 7) is 0.520. The van der Waals surface area contributed by atoms with Crippen molar-refractivity contribution in [2.45, 2.75) is 51.2 Å². The molecule has 0 unspecified atom stereocenters. The van der Waals surface area contributed by atoms with Crippen LogP contribution in [0.1, 0.15) is 54.6 Å². The van der Waals surface area contributed by atoms with Crippen LogP contribution in [-0.4, -0.2) is 24.2 Å². The van der Waals surface area contributed by atoms with E-state index in [9.17, 15) is 4.79 Å². The zero-order valence-electron chi connectivity index (χ0n) is 11.4. The van der Waals surface area contributed by atoms with Crippen LogP contribution in [-0.2, 0) is 16.1 Å². The predicted octanol–water partition coefficient (Wildman–Crippen LogP) is 3.11. The third-order valence-corrected chi connectivity index (χ3v) is 3.51. The first kappa shape index (κ1) is 14.0. The molecule has 4 heteroatoms. The fourth-order valence-corrected chi connectivity index (χ4v) is 2.36. The minimum atomic E-state index is -0.358. The number of hydrogen-bond acceptors (Lipinski definition) is 4. The summed E-state index contributed by atoms with van der Waals surface area (Å²) in [4.78, 5) is 15.5. The zero-order valence-corrected chi connectivity index (χ0v) is 11.4. The maximum atomic E-state index is 11.3. The molecule has 0 bridgehead atoms. The second kappa shape index (κ2) is 7.24. The largest absolute Gasteiger partial charge is 0.465 e. The van der Waals surface area contributed by atoms with E-state index in [4.69, 9.17) is 4.74 Å². The number of aromatic nitrogens is 1. The first-order chi connectivity index (χ1) is 9.29. The van der Waals surface area contributed by atoms with Gasteiger partial charge in [-0.3, -0.25) is 4.98 Å². The summed E-state index contributed by atoms with van der Waals surface area (Å²) in [6.07, 6.45) is 9.39. The Balaban J connectivity index is 1.83. The Labute approximate surface area is 114 Å². The van der Waals surface area contributed by atoms with E-state index in [1.807, 2.05) is 6.07 Å². The molecular formula is C15H21NO3. The summed E-state index contributed by atoms with van der Waals surface area (Å²) in [5, 5.41) is 0. The topological polar surface area (TPSA) is 48.4 Å². The van der Waals surface area contributed by atoms with Crippen LogP contribution in [0.4, 0.5) is 0 Å². The molecule has 1 aliphatic carbocycles. The standard InChI is InChI=1S/C15H21NO3/c1-18-15(17)12-8-9-13(16-10-12)11-19-14-6-4-2-3-5-7-14/h8-10,14H,2-7,11H2,1H3. The lowest BCUT2D eigenvalue weighted by Crippen LogP contribution is -2.12. The van der Waals surface area contributed by atoms with Crippen LogP contribution in [0.2, 0.25) is 0 Å². The molecule has 1 fully saturated rings. The summed E-state index contributed by atoms with van der Waals surface area (Å²) in [6, 6.07) is 3.55. The van der Waals surface area contributed by atoms with Gasteiger partial charge >= 0.3 is 5.97 Å². The molecule has 1 aromatic rings. The lowest BCUT2D eigenvalue weighted by atomic mass is 10.1. The predicted molar refractivity (Wildman–Crippen MR) is 71.9 cm³/mol. The van der Waals surface area contributed by atoms with Crippen molar-refractivity contribution in [3.8, 4) is 0 Å². The molecule has 1 heterocycles. The van der Waals surface area contributed by atoms with Crippen LogP contribution < -0.4 is 0 Å². The average Bonchev–Trinajstić information content (AvgIpc) is 2.73. The fraction of sp³-hybridized carbons (Fsp3) is 0.600. The molecule has 104 valence electrons. The molecule has 1 saturated carbocycles. The Morgan fingerprint density at radius 1 is 1.26 bits per heavy atom. The lowest BCUT2D eigenvalue weighted by molar-refractivity contribution is 0.0291. The number of rotatable bonds is 4. The third kappa shape index (κ3) is 4.31. The molecule has 2 rings (SSSR count). The normalized spacial score (nSPS) is 16.9. The van der Waals surface area contributed by atoms with Crippen LogP contribution >= 0.6 is 0 Å². The number of ether oxygens (including phenoxy) is 2. The van der Waals surface area contributed by atoms with Gasteiger partial charge in [-0.05, 0) is 25.0 Å². The summed E-state index contributed by atoms with van der Waals surface area (Å²) < 4.78 is 10.5. The van der Waals surface area contributed by atoms with Gasteiger partial charge in [-0.2, -0.15) is 0 Å². The summed E-state index contributed by atoms with van der Waals surface area (Å²) >= 11 is 0. The van der Waals surface area contributed by atoms with Crippen molar-refractivity contribution in [2.24, 2.45) is 0 Å². The van der Waals surface area contributed by atoms with E-state index >= 15 is 0 Å². The number of carbonyl (C=O) groups is 1. The first-order valence-corrected chi connectivity index (χ1v) is 6.94. The van der Waals surface area contributed by atoms with Gasteiger partial charge in [-0.15, -0.1) is 0 Å². The molecule has 1 aliphatic rings. The van der Waals surface area contributed by atoms with E-state index in [0.29, 0.717) is 18.3 Å². The summed E-state index contributed by atoms with van der Waals surface area (Å²) in [7, 11) is 1.37. The minimum Gasteiger partial charge on any atom is -0.465 e. The fourth-order valence-electron chi connectivity index (χ4n) is 2.36. The molecule has 0 saturated heterocycles. The van der Waals surface area contributed by atoms with Gasteiger partial charge in [0.05, 0.1) is 31.1 Å². The number of hydrogen-bond donors (Lipinski definition) is 0. The van der Waals surface area contributed by atoms with Gasteiger partial charge in [0.25, 0.3) is 0 Å². The molecule has 0 radical (unpaired) electrons. The highest BCUT2D eigenvalue weighted by molar-refractivity contribution is 5.88.